The molecule has 1 aromatic rings. The van der Waals surface area contributed by atoms with Gasteiger partial charge in [-0.3, -0.25) is 0 Å². The quantitative estimate of drug-likeness (QED) is 0.754. The molecule has 0 radical (unpaired) electrons. The monoisotopic (exact) mass is 221 g/mol. The van der Waals surface area contributed by atoms with E-state index in [1.165, 1.54) is 13.0 Å². The van der Waals surface area contributed by atoms with E-state index in [4.69, 9.17) is 0 Å². The first-order valence-electron chi connectivity index (χ1n) is 4.37. The Morgan fingerprint density at radius 1 is 1.13 bits per heavy atom. The van der Waals surface area contributed by atoms with E-state index >= 15 is 0 Å². The smallest absolute Gasteiger partial charge is 0.376 e. The number of benzene rings is 1. The van der Waals surface area contributed by atoms with E-state index in [-0.39, 0.29) is 0 Å². The summed E-state index contributed by atoms with van der Waals surface area (Å²) in [6.45, 7) is 2.00. The third kappa shape index (κ3) is 3.11. The molecule has 1 N–H and O–H groups in total. The molecule has 0 aromatic heterocycles. The summed E-state index contributed by atoms with van der Waals surface area (Å²) in [5.74, 6) is -0.412. The molecule has 0 aliphatic rings. The Labute approximate surface area is 85.1 Å². The van der Waals surface area contributed by atoms with Crippen molar-refractivity contribution < 1.29 is 17.6 Å². The van der Waals surface area contributed by atoms with Gasteiger partial charge in [-0.25, -0.2) is 4.39 Å². The summed E-state index contributed by atoms with van der Waals surface area (Å²) >= 11 is 0. The van der Waals surface area contributed by atoms with Crippen molar-refractivity contribution in [2.45, 2.75) is 20.0 Å². The molecule has 0 aliphatic carbocycles. The van der Waals surface area contributed by atoms with Gasteiger partial charge in [0.1, 0.15) is 12.4 Å². The Morgan fingerprint density at radius 3 is 2.27 bits per heavy atom. The fraction of sp³-hybridized carbons (Fsp3) is 0.400. The first kappa shape index (κ1) is 11.8. The molecule has 0 atom stereocenters. The van der Waals surface area contributed by atoms with Crippen LogP contribution in [0.1, 0.15) is 11.1 Å². The highest BCUT2D eigenvalue weighted by Gasteiger charge is 2.26. The second-order valence-corrected chi connectivity index (χ2v) is 3.31. The fourth-order valence-electron chi connectivity index (χ4n) is 1.17. The second-order valence-electron chi connectivity index (χ2n) is 3.31. The maximum Gasteiger partial charge on any atom is 0.405 e. The Hall–Kier alpha value is -1.26. The molecular weight excluding hydrogens is 210 g/mol. The summed E-state index contributed by atoms with van der Waals surface area (Å²) in [5, 5.41) is 2.23. The zero-order chi connectivity index (χ0) is 11.6. The molecule has 5 heteroatoms. The maximum absolute atomic E-state index is 13.0. The number of halogens is 4. The van der Waals surface area contributed by atoms with Crippen LogP contribution in [0.4, 0.5) is 23.2 Å². The van der Waals surface area contributed by atoms with Gasteiger partial charge in [0, 0.05) is 5.69 Å². The van der Waals surface area contributed by atoms with E-state index in [9.17, 15) is 17.6 Å². The highest BCUT2D eigenvalue weighted by molar-refractivity contribution is 5.54. The third-order valence-electron chi connectivity index (χ3n) is 2.20. The van der Waals surface area contributed by atoms with E-state index < -0.39 is 18.5 Å². The van der Waals surface area contributed by atoms with E-state index in [0.717, 1.165) is 6.07 Å². The van der Waals surface area contributed by atoms with Crippen molar-refractivity contribution in [3.05, 3.63) is 29.1 Å². The predicted molar refractivity (Wildman–Crippen MR) is 50.4 cm³/mol. The number of alkyl halides is 3. The first-order valence-corrected chi connectivity index (χ1v) is 4.37. The number of hydrogen-bond acceptors (Lipinski definition) is 1. The van der Waals surface area contributed by atoms with E-state index in [0.29, 0.717) is 16.8 Å². The first-order chi connectivity index (χ1) is 6.81. The Morgan fingerprint density at radius 2 is 1.73 bits per heavy atom. The molecule has 0 unspecified atom stereocenters. The molecule has 84 valence electrons. The minimum Gasteiger partial charge on any atom is -0.376 e. The third-order valence-corrected chi connectivity index (χ3v) is 2.20. The largest absolute Gasteiger partial charge is 0.405 e. The molecule has 0 spiro atoms. The van der Waals surface area contributed by atoms with E-state index in [1.807, 2.05) is 0 Å². The number of nitrogens with one attached hydrogen (secondary N) is 1. The van der Waals surface area contributed by atoms with Crippen molar-refractivity contribution in [3.8, 4) is 0 Å². The summed E-state index contributed by atoms with van der Waals surface area (Å²) in [6, 6.07) is 2.46. The van der Waals surface area contributed by atoms with Crippen LogP contribution in [0.5, 0.6) is 0 Å². The van der Waals surface area contributed by atoms with Crippen LogP contribution < -0.4 is 5.32 Å². The van der Waals surface area contributed by atoms with E-state index in [2.05, 4.69) is 5.32 Å². The van der Waals surface area contributed by atoms with Crippen LogP contribution in [0.15, 0.2) is 12.1 Å². The van der Waals surface area contributed by atoms with Crippen LogP contribution >= 0.6 is 0 Å². The average molecular weight is 221 g/mol. The number of anilines is 1. The highest BCUT2D eigenvalue weighted by atomic mass is 19.4. The van der Waals surface area contributed by atoms with Crippen molar-refractivity contribution >= 4 is 5.69 Å². The normalized spacial score (nSPS) is 11.6. The van der Waals surface area contributed by atoms with Gasteiger partial charge in [0.2, 0.25) is 0 Å². The molecule has 0 amide bonds. The predicted octanol–water partition coefficient (Wildman–Crippen LogP) is 3.42. The van der Waals surface area contributed by atoms with Gasteiger partial charge in [-0.2, -0.15) is 13.2 Å². The minimum atomic E-state index is -4.27. The van der Waals surface area contributed by atoms with Gasteiger partial charge in [-0.15, -0.1) is 0 Å². The van der Waals surface area contributed by atoms with Crippen LogP contribution in [0.2, 0.25) is 0 Å². The summed E-state index contributed by atoms with van der Waals surface area (Å²) in [5.41, 5.74) is 1.17. The molecule has 0 saturated heterocycles. The van der Waals surface area contributed by atoms with Gasteiger partial charge in [0.15, 0.2) is 0 Å². The van der Waals surface area contributed by atoms with Gasteiger partial charge in [0.25, 0.3) is 0 Å². The zero-order valence-corrected chi connectivity index (χ0v) is 8.37. The average Bonchev–Trinajstić information content (AvgIpc) is 2.12. The Balaban J connectivity index is 2.83. The summed E-state index contributed by atoms with van der Waals surface area (Å²) < 4.78 is 48.7. The van der Waals surface area contributed by atoms with Gasteiger partial charge in [-0.05, 0) is 37.1 Å². The van der Waals surface area contributed by atoms with Gasteiger partial charge in [0.05, 0.1) is 0 Å². The lowest BCUT2D eigenvalue weighted by Gasteiger charge is -2.13. The minimum absolute atomic E-state index is 0.311. The lowest BCUT2D eigenvalue weighted by atomic mass is 10.1. The molecule has 0 bridgehead atoms. The van der Waals surface area contributed by atoms with Gasteiger partial charge >= 0.3 is 6.18 Å². The second kappa shape index (κ2) is 4.08. The van der Waals surface area contributed by atoms with Crippen molar-refractivity contribution in [2.75, 3.05) is 11.9 Å². The van der Waals surface area contributed by atoms with Gasteiger partial charge < -0.3 is 5.32 Å². The zero-order valence-electron chi connectivity index (χ0n) is 8.37. The fourth-order valence-corrected chi connectivity index (χ4v) is 1.17. The molecular formula is C10H11F4N. The highest BCUT2D eigenvalue weighted by Crippen LogP contribution is 2.23. The van der Waals surface area contributed by atoms with Crippen molar-refractivity contribution in [1.82, 2.24) is 0 Å². The molecule has 0 heterocycles. The Bertz CT molecular complexity index is 357. The maximum atomic E-state index is 13.0. The summed E-state index contributed by atoms with van der Waals surface area (Å²) in [4.78, 5) is 0. The van der Waals surface area contributed by atoms with Crippen molar-refractivity contribution in [3.63, 3.8) is 0 Å². The van der Waals surface area contributed by atoms with Crippen LogP contribution in [0.3, 0.4) is 0 Å². The van der Waals surface area contributed by atoms with Gasteiger partial charge in [-0.1, -0.05) is 0 Å². The van der Waals surface area contributed by atoms with Crippen LogP contribution in [0.25, 0.3) is 0 Å². The lowest BCUT2D eigenvalue weighted by molar-refractivity contribution is -0.115. The molecule has 0 aliphatic heterocycles. The number of rotatable bonds is 2. The van der Waals surface area contributed by atoms with E-state index in [1.54, 1.807) is 6.92 Å². The standard InChI is InChI=1S/C10H11F4N/c1-6-7(2)9(4-3-8(6)11)15-5-10(12,13)14/h3-4,15H,5H2,1-2H3. The molecule has 1 rings (SSSR count). The van der Waals surface area contributed by atoms with Crippen molar-refractivity contribution in [1.29, 1.82) is 0 Å². The summed E-state index contributed by atoms with van der Waals surface area (Å²) in [6.07, 6.45) is -4.27. The molecule has 15 heavy (non-hydrogen) atoms. The van der Waals surface area contributed by atoms with Crippen LogP contribution in [-0.2, 0) is 0 Å². The number of hydrogen-bond donors (Lipinski definition) is 1. The molecule has 1 nitrogen and oxygen atoms in total. The van der Waals surface area contributed by atoms with Crippen molar-refractivity contribution in [2.24, 2.45) is 0 Å². The molecule has 0 saturated carbocycles. The topological polar surface area (TPSA) is 12.0 Å². The molecule has 1 aromatic carbocycles. The van der Waals surface area contributed by atoms with Crippen LogP contribution in [0, 0.1) is 19.7 Å². The Kier molecular flexibility index (Phi) is 3.21. The SMILES string of the molecule is Cc1c(F)ccc(NCC(F)(F)F)c1C. The van der Waals surface area contributed by atoms with Crippen LogP contribution in [-0.4, -0.2) is 12.7 Å². The summed E-state index contributed by atoms with van der Waals surface area (Å²) in [7, 11) is 0. The lowest BCUT2D eigenvalue weighted by Crippen LogP contribution is -2.21. The molecule has 0 fully saturated rings.